The van der Waals surface area contributed by atoms with Gasteiger partial charge in [0, 0.05) is 18.1 Å². The first-order valence-electron chi connectivity index (χ1n) is 7.33. The molecule has 3 rings (SSSR count). The minimum Gasteiger partial charge on any atom is -0.481 e. The normalized spacial score (nSPS) is 17.7. The maximum absolute atomic E-state index is 13.0. The fraction of sp³-hybridized carbons (Fsp3) is 0.333. The topological polar surface area (TPSA) is 88.3 Å². The van der Waals surface area contributed by atoms with Crippen LogP contribution in [0.15, 0.2) is 30.5 Å². The van der Waals surface area contributed by atoms with E-state index in [1.807, 2.05) is 0 Å². The van der Waals surface area contributed by atoms with E-state index in [9.17, 15) is 14.0 Å². The molecular formula is C15H15FN4O3S. The van der Waals surface area contributed by atoms with Crippen LogP contribution in [0.5, 0.6) is 0 Å². The molecule has 1 aromatic carbocycles. The molecule has 1 unspecified atom stereocenters. The highest BCUT2D eigenvalue weighted by Gasteiger charge is 2.30. The van der Waals surface area contributed by atoms with Crippen LogP contribution in [-0.4, -0.2) is 61.0 Å². The molecule has 0 bridgehead atoms. The van der Waals surface area contributed by atoms with Crippen molar-refractivity contribution in [2.24, 2.45) is 0 Å². The van der Waals surface area contributed by atoms with E-state index in [2.05, 4.69) is 10.2 Å². The maximum atomic E-state index is 13.0. The summed E-state index contributed by atoms with van der Waals surface area (Å²) in [5, 5.41) is 17.2. The van der Waals surface area contributed by atoms with Crippen LogP contribution in [0.25, 0.3) is 5.69 Å². The second-order valence-electron chi connectivity index (χ2n) is 5.32. The molecule has 2 heterocycles. The number of rotatable bonds is 4. The Morgan fingerprint density at radius 3 is 2.79 bits per heavy atom. The Hall–Kier alpha value is -2.42. The van der Waals surface area contributed by atoms with E-state index in [1.165, 1.54) is 35.3 Å². The first-order valence-corrected chi connectivity index (χ1v) is 8.49. The van der Waals surface area contributed by atoms with Crippen LogP contribution in [0.3, 0.4) is 0 Å². The molecule has 0 spiro atoms. The Balaban J connectivity index is 1.79. The highest BCUT2D eigenvalue weighted by Crippen LogP contribution is 2.21. The van der Waals surface area contributed by atoms with Gasteiger partial charge in [0.2, 0.25) is 0 Å². The number of aliphatic carboxylic acids is 1. The van der Waals surface area contributed by atoms with Crippen LogP contribution in [0.1, 0.15) is 16.9 Å². The SMILES string of the molecule is O=C(O)CC1CSCCN1C(=O)c1cnn(-c2ccc(F)cc2)n1. The lowest BCUT2D eigenvalue weighted by atomic mass is 10.2. The smallest absolute Gasteiger partial charge is 0.305 e. The van der Waals surface area contributed by atoms with Gasteiger partial charge in [0.25, 0.3) is 5.91 Å². The molecular weight excluding hydrogens is 335 g/mol. The van der Waals surface area contributed by atoms with Crippen molar-refractivity contribution >= 4 is 23.6 Å². The zero-order chi connectivity index (χ0) is 17.1. The molecule has 0 saturated carbocycles. The van der Waals surface area contributed by atoms with Crippen molar-refractivity contribution in [3.63, 3.8) is 0 Å². The number of hydrogen-bond acceptors (Lipinski definition) is 5. The van der Waals surface area contributed by atoms with Crippen LogP contribution in [0.4, 0.5) is 4.39 Å². The summed E-state index contributed by atoms with van der Waals surface area (Å²) in [7, 11) is 0. The van der Waals surface area contributed by atoms with Crippen molar-refractivity contribution in [3.8, 4) is 5.69 Å². The number of carbonyl (C=O) groups is 2. The first kappa shape index (κ1) is 16.4. The second-order valence-corrected chi connectivity index (χ2v) is 6.47. The summed E-state index contributed by atoms with van der Waals surface area (Å²) in [5.74, 6) is -0.298. The Kier molecular flexibility index (Phi) is 4.79. The van der Waals surface area contributed by atoms with Crippen molar-refractivity contribution in [3.05, 3.63) is 42.0 Å². The van der Waals surface area contributed by atoms with Crippen molar-refractivity contribution in [1.82, 2.24) is 19.9 Å². The lowest BCUT2D eigenvalue weighted by molar-refractivity contribution is -0.138. The fourth-order valence-electron chi connectivity index (χ4n) is 2.50. The molecule has 1 aliphatic rings. The van der Waals surface area contributed by atoms with E-state index < -0.39 is 5.97 Å². The minimum absolute atomic E-state index is 0.0924. The lowest BCUT2D eigenvalue weighted by Crippen LogP contribution is -2.47. The summed E-state index contributed by atoms with van der Waals surface area (Å²) in [4.78, 5) is 26.4. The van der Waals surface area contributed by atoms with Gasteiger partial charge >= 0.3 is 5.97 Å². The van der Waals surface area contributed by atoms with Gasteiger partial charge in [-0.25, -0.2) is 4.39 Å². The molecule has 24 heavy (non-hydrogen) atoms. The van der Waals surface area contributed by atoms with E-state index in [-0.39, 0.29) is 29.9 Å². The number of nitrogens with zero attached hydrogens (tertiary/aromatic N) is 4. The predicted octanol–water partition coefficient (Wildman–Crippen LogP) is 1.44. The number of hydrogen-bond donors (Lipinski definition) is 1. The monoisotopic (exact) mass is 350 g/mol. The number of carbonyl (C=O) groups excluding carboxylic acids is 1. The predicted molar refractivity (Wildman–Crippen MR) is 85.7 cm³/mol. The van der Waals surface area contributed by atoms with Gasteiger partial charge in [-0.3, -0.25) is 9.59 Å². The largest absolute Gasteiger partial charge is 0.481 e. The Morgan fingerprint density at radius 1 is 1.33 bits per heavy atom. The average Bonchev–Trinajstić information content (AvgIpc) is 3.05. The zero-order valence-corrected chi connectivity index (χ0v) is 13.4. The fourth-order valence-corrected chi connectivity index (χ4v) is 3.56. The molecule has 1 atom stereocenters. The maximum Gasteiger partial charge on any atom is 0.305 e. The molecule has 2 aromatic rings. The Morgan fingerprint density at radius 2 is 2.08 bits per heavy atom. The van der Waals surface area contributed by atoms with Crippen LogP contribution in [0.2, 0.25) is 0 Å². The zero-order valence-electron chi connectivity index (χ0n) is 12.6. The number of benzene rings is 1. The third kappa shape index (κ3) is 3.56. The van der Waals surface area contributed by atoms with E-state index in [1.54, 1.807) is 16.7 Å². The summed E-state index contributed by atoms with van der Waals surface area (Å²) in [6.45, 7) is 0.477. The molecule has 1 amide bonds. The van der Waals surface area contributed by atoms with Crippen LogP contribution < -0.4 is 0 Å². The molecule has 1 fully saturated rings. The molecule has 9 heteroatoms. The average molecular weight is 350 g/mol. The number of amides is 1. The molecule has 7 nitrogen and oxygen atoms in total. The standard InChI is InChI=1S/C15H15FN4O3S/c16-10-1-3-11(4-2-10)20-17-8-13(18-20)15(23)19-5-6-24-9-12(19)7-14(21)22/h1-4,8,12H,5-7,9H2,(H,21,22). The molecule has 126 valence electrons. The van der Waals surface area contributed by atoms with Gasteiger partial charge in [0.15, 0.2) is 5.69 Å². The summed E-state index contributed by atoms with van der Waals surface area (Å²) >= 11 is 1.63. The first-order chi connectivity index (χ1) is 11.5. The molecule has 0 aliphatic carbocycles. The molecule has 1 aliphatic heterocycles. The number of thioether (sulfide) groups is 1. The molecule has 0 radical (unpaired) electrons. The van der Waals surface area contributed by atoms with Gasteiger partial charge in [0.1, 0.15) is 5.82 Å². The molecule has 1 aromatic heterocycles. The third-order valence-corrected chi connectivity index (χ3v) is 4.76. The van der Waals surface area contributed by atoms with E-state index >= 15 is 0 Å². The van der Waals surface area contributed by atoms with Gasteiger partial charge in [-0.15, -0.1) is 5.10 Å². The van der Waals surface area contributed by atoms with E-state index in [0.717, 1.165) is 5.75 Å². The lowest BCUT2D eigenvalue weighted by Gasteiger charge is -2.34. The van der Waals surface area contributed by atoms with Gasteiger partial charge in [-0.05, 0) is 24.3 Å². The Bertz CT molecular complexity index is 749. The van der Waals surface area contributed by atoms with Gasteiger partial charge in [-0.1, -0.05) is 0 Å². The highest BCUT2D eigenvalue weighted by molar-refractivity contribution is 7.99. The van der Waals surface area contributed by atoms with Crippen molar-refractivity contribution in [2.75, 3.05) is 18.1 Å². The van der Waals surface area contributed by atoms with Crippen molar-refractivity contribution in [2.45, 2.75) is 12.5 Å². The van der Waals surface area contributed by atoms with Crippen LogP contribution in [0, 0.1) is 5.82 Å². The minimum atomic E-state index is -0.935. The van der Waals surface area contributed by atoms with E-state index in [4.69, 9.17) is 5.11 Å². The van der Waals surface area contributed by atoms with Gasteiger partial charge in [0.05, 0.1) is 24.3 Å². The van der Waals surface area contributed by atoms with Gasteiger partial charge in [-0.2, -0.15) is 21.7 Å². The summed E-state index contributed by atoms with van der Waals surface area (Å²) in [5.41, 5.74) is 0.674. The number of carboxylic acids is 1. The van der Waals surface area contributed by atoms with Crippen molar-refractivity contribution in [1.29, 1.82) is 0 Å². The summed E-state index contributed by atoms with van der Waals surface area (Å²) < 4.78 is 13.0. The molecule has 1 N–H and O–H groups in total. The number of aromatic nitrogens is 3. The number of carboxylic acid groups (broad SMARTS) is 1. The second kappa shape index (κ2) is 7.00. The quantitative estimate of drug-likeness (QED) is 0.898. The third-order valence-electron chi connectivity index (χ3n) is 3.67. The molecule has 1 saturated heterocycles. The number of halogens is 1. The Labute approximate surface area is 141 Å². The van der Waals surface area contributed by atoms with Crippen LogP contribution >= 0.6 is 11.8 Å². The summed E-state index contributed by atoms with van der Waals surface area (Å²) in [6.07, 6.45) is 1.25. The van der Waals surface area contributed by atoms with Crippen molar-refractivity contribution < 1.29 is 19.1 Å². The highest BCUT2D eigenvalue weighted by atomic mass is 32.2. The van der Waals surface area contributed by atoms with Crippen LogP contribution in [-0.2, 0) is 4.79 Å². The summed E-state index contributed by atoms with van der Waals surface area (Å²) in [6, 6.07) is 5.23. The van der Waals surface area contributed by atoms with E-state index in [0.29, 0.717) is 18.0 Å². The van der Waals surface area contributed by atoms with Gasteiger partial charge < -0.3 is 10.0 Å².